The van der Waals surface area contributed by atoms with Crippen LogP contribution in [0, 0.1) is 11.3 Å². The van der Waals surface area contributed by atoms with Gasteiger partial charge in [-0.1, -0.05) is 0 Å². The Labute approximate surface area is 156 Å². The molecule has 2 saturated carbocycles. The van der Waals surface area contributed by atoms with Crippen LogP contribution in [0.25, 0.3) is 0 Å². The number of pyridine rings is 1. The minimum Gasteiger partial charge on any atom is -0.393 e. The highest BCUT2D eigenvalue weighted by Gasteiger charge is 2.23. The molecule has 2 fully saturated rings. The Morgan fingerprint density at radius 1 is 1.08 bits per heavy atom. The van der Waals surface area contributed by atoms with E-state index in [2.05, 4.69) is 21.7 Å². The van der Waals surface area contributed by atoms with Gasteiger partial charge < -0.3 is 20.5 Å². The highest BCUT2D eigenvalue weighted by molar-refractivity contribution is 5.57. The second-order valence-corrected chi connectivity index (χ2v) is 7.43. The van der Waals surface area contributed by atoms with Crippen molar-refractivity contribution in [3.63, 3.8) is 0 Å². The van der Waals surface area contributed by atoms with Gasteiger partial charge in [0.2, 0.25) is 0 Å². The van der Waals surface area contributed by atoms with Crippen LogP contribution >= 0.6 is 0 Å². The fourth-order valence-electron chi connectivity index (χ4n) is 3.97. The van der Waals surface area contributed by atoms with Crippen LogP contribution in [0.3, 0.4) is 0 Å². The van der Waals surface area contributed by atoms with Crippen LogP contribution in [0.15, 0.2) is 12.1 Å². The van der Waals surface area contributed by atoms with Crippen LogP contribution in [0.4, 0.5) is 11.6 Å². The molecule has 6 nitrogen and oxygen atoms in total. The number of ether oxygens (including phenoxy) is 1. The largest absolute Gasteiger partial charge is 0.393 e. The van der Waals surface area contributed by atoms with E-state index in [1.807, 2.05) is 19.1 Å². The molecule has 2 aliphatic carbocycles. The molecule has 3 N–H and O–H groups in total. The van der Waals surface area contributed by atoms with Gasteiger partial charge in [-0.15, -0.1) is 0 Å². The van der Waals surface area contributed by atoms with Gasteiger partial charge in [0.15, 0.2) is 0 Å². The van der Waals surface area contributed by atoms with Crippen molar-refractivity contribution in [3.05, 3.63) is 17.7 Å². The minimum atomic E-state index is -0.184. The van der Waals surface area contributed by atoms with E-state index in [1.165, 1.54) is 0 Å². The van der Waals surface area contributed by atoms with Gasteiger partial charge in [0.25, 0.3) is 0 Å². The second-order valence-electron chi connectivity index (χ2n) is 7.43. The lowest BCUT2D eigenvalue weighted by Gasteiger charge is -2.30. The third-order valence-corrected chi connectivity index (χ3v) is 5.48. The summed E-state index contributed by atoms with van der Waals surface area (Å²) in [6.07, 6.45) is 7.96. The Bertz CT molecular complexity index is 615. The standard InChI is InChI=1S/C20H30N4O2/c1-2-26-18-10-6-15(7-11-18)22-19-12-3-14(13-21)20(24-19)23-16-4-8-17(25)9-5-16/h3,12,15-18,25H,2,4-11H2,1H3,(H2,22,23,24). The van der Waals surface area contributed by atoms with Gasteiger partial charge in [0.05, 0.1) is 17.8 Å². The maximum absolute atomic E-state index is 9.66. The summed E-state index contributed by atoms with van der Waals surface area (Å²) in [4.78, 5) is 4.67. The lowest BCUT2D eigenvalue weighted by atomic mass is 9.93. The fraction of sp³-hybridized carbons (Fsp3) is 0.700. The molecule has 6 heteroatoms. The first-order valence-corrected chi connectivity index (χ1v) is 9.91. The average Bonchev–Trinajstić information content (AvgIpc) is 2.66. The van der Waals surface area contributed by atoms with Gasteiger partial charge in [-0.3, -0.25) is 0 Å². The van der Waals surface area contributed by atoms with Gasteiger partial charge in [-0.25, -0.2) is 4.98 Å². The first kappa shape index (κ1) is 18.9. The third kappa shape index (κ3) is 5.09. The first-order valence-electron chi connectivity index (χ1n) is 9.91. The van der Waals surface area contributed by atoms with Crippen LogP contribution in [-0.2, 0) is 4.74 Å². The van der Waals surface area contributed by atoms with E-state index in [-0.39, 0.29) is 12.1 Å². The highest BCUT2D eigenvalue weighted by Crippen LogP contribution is 2.26. The summed E-state index contributed by atoms with van der Waals surface area (Å²) in [5, 5.41) is 26.0. The molecule has 1 heterocycles. The number of nitriles is 1. The van der Waals surface area contributed by atoms with Gasteiger partial charge in [0.1, 0.15) is 17.7 Å². The summed E-state index contributed by atoms with van der Waals surface area (Å²) in [5.41, 5.74) is 0.571. The van der Waals surface area contributed by atoms with Crippen molar-refractivity contribution < 1.29 is 9.84 Å². The van der Waals surface area contributed by atoms with Crippen molar-refractivity contribution in [2.24, 2.45) is 0 Å². The summed E-state index contributed by atoms with van der Waals surface area (Å²) >= 11 is 0. The molecule has 0 aliphatic heterocycles. The van der Waals surface area contributed by atoms with Crippen LogP contribution in [-0.4, -0.2) is 41.0 Å². The van der Waals surface area contributed by atoms with Crippen molar-refractivity contribution in [1.82, 2.24) is 4.98 Å². The SMILES string of the molecule is CCOC1CCC(Nc2ccc(C#N)c(NC3CCC(O)CC3)n2)CC1. The molecule has 1 aromatic heterocycles. The van der Waals surface area contributed by atoms with Crippen molar-refractivity contribution in [2.45, 2.75) is 82.6 Å². The van der Waals surface area contributed by atoms with Crippen LogP contribution < -0.4 is 10.6 Å². The molecule has 2 aliphatic rings. The molecule has 0 bridgehead atoms. The number of aliphatic hydroxyl groups excluding tert-OH is 1. The average molecular weight is 358 g/mol. The monoisotopic (exact) mass is 358 g/mol. The number of hydrogen-bond acceptors (Lipinski definition) is 6. The molecule has 0 spiro atoms. The number of hydrogen-bond donors (Lipinski definition) is 3. The topological polar surface area (TPSA) is 90.2 Å². The van der Waals surface area contributed by atoms with E-state index >= 15 is 0 Å². The Balaban J connectivity index is 1.59. The van der Waals surface area contributed by atoms with E-state index in [9.17, 15) is 10.4 Å². The zero-order valence-corrected chi connectivity index (χ0v) is 15.6. The molecule has 0 radical (unpaired) electrons. The van der Waals surface area contributed by atoms with Crippen molar-refractivity contribution in [3.8, 4) is 6.07 Å². The van der Waals surface area contributed by atoms with Gasteiger partial charge in [-0.05, 0) is 70.4 Å². The number of nitrogens with one attached hydrogen (secondary N) is 2. The van der Waals surface area contributed by atoms with Crippen molar-refractivity contribution in [1.29, 1.82) is 5.26 Å². The van der Waals surface area contributed by atoms with E-state index < -0.39 is 0 Å². The molecule has 1 aromatic rings. The van der Waals surface area contributed by atoms with Crippen LogP contribution in [0.2, 0.25) is 0 Å². The van der Waals surface area contributed by atoms with Crippen LogP contribution in [0.1, 0.15) is 63.9 Å². The number of nitrogens with zero attached hydrogens (tertiary/aromatic N) is 2. The molecule has 0 amide bonds. The first-order chi connectivity index (χ1) is 12.7. The lowest BCUT2D eigenvalue weighted by Crippen LogP contribution is -2.31. The Morgan fingerprint density at radius 3 is 2.38 bits per heavy atom. The minimum absolute atomic E-state index is 0.184. The van der Waals surface area contributed by atoms with E-state index in [4.69, 9.17) is 4.74 Å². The summed E-state index contributed by atoms with van der Waals surface area (Å²) in [6, 6.07) is 6.63. The maximum Gasteiger partial charge on any atom is 0.146 e. The number of anilines is 2. The molecule has 0 atom stereocenters. The highest BCUT2D eigenvalue weighted by atomic mass is 16.5. The van der Waals surface area contributed by atoms with E-state index in [0.29, 0.717) is 23.5 Å². The number of aliphatic hydroxyl groups is 1. The summed E-state index contributed by atoms with van der Waals surface area (Å²) in [7, 11) is 0. The third-order valence-electron chi connectivity index (χ3n) is 5.48. The lowest BCUT2D eigenvalue weighted by molar-refractivity contribution is 0.0346. The number of rotatable bonds is 6. The molecular weight excluding hydrogens is 328 g/mol. The van der Waals surface area contributed by atoms with Gasteiger partial charge >= 0.3 is 0 Å². The fourth-order valence-corrected chi connectivity index (χ4v) is 3.97. The molecule has 3 rings (SSSR count). The molecular formula is C20H30N4O2. The normalized spacial score (nSPS) is 29.0. The summed E-state index contributed by atoms with van der Waals surface area (Å²) < 4.78 is 5.72. The van der Waals surface area contributed by atoms with Gasteiger partial charge in [-0.2, -0.15) is 5.26 Å². The van der Waals surface area contributed by atoms with Gasteiger partial charge in [0, 0.05) is 18.7 Å². The zero-order chi connectivity index (χ0) is 18.4. The molecule has 0 saturated heterocycles. The number of aromatic nitrogens is 1. The molecule has 0 aromatic carbocycles. The Kier molecular flexibility index (Phi) is 6.70. The zero-order valence-electron chi connectivity index (χ0n) is 15.6. The maximum atomic E-state index is 9.66. The molecule has 0 unspecified atom stereocenters. The second kappa shape index (κ2) is 9.20. The quantitative estimate of drug-likeness (QED) is 0.722. The van der Waals surface area contributed by atoms with Crippen LogP contribution in [0.5, 0.6) is 0 Å². The van der Waals surface area contributed by atoms with Crippen molar-refractivity contribution in [2.75, 3.05) is 17.2 Å². The summed E-state index contributed by atoms with van der Waals surface area (Å²) in [5.74, 6) is 1.48. The predicted octanol–water partition coefficient (Wildman–Crippen LogP) is 3.43. The predicted molar refractivity (Wildman–Crippen MR) is 102 cm³/mol. The smallest absolute Gasteiger partial charge is 0.146 e. The van der Waals surface area contributed by atoms with E-state index in [1.54, 1.807) is 0 Å². The molecule has 142 valence electrons. The van der Waals surface area contributed by atoms with E-state index in [0.717, 1.165) is 63.8 Å². The summed E-state index contributed by atoms with van der Waals surface area (Å²) in [6.45, 7) is 2.83. The molecule has 26 heavy (non-hydrogen) atoms. The Morgan fingerprint density at radius 2 is 1.73 bits per heavy atom. The Hall–Kier alpha value is -1.84. The van der Waals surface area contributed by atoms with Crippen molar-refractivity contribution >= 4 is 11.6 Å².